The molecule has 0 bridgehead atoms. The van der Waals surface area contributed by atoms with Crippen LogP contribution in [-0.4, -0.2) is 40.4 Å². The van der Waals surface area contributed by atoms with Crippen molar-refractivity contribution in [3.05, 3.63) is 0 Å². The summed E-state index contributed by atoms with van der Waals surface area (Å²) in [7, 11) is 0. The average Bonchev–Trinajstić information content (AvgIpc) is 2.99. The zero-order chi connectivity index (χ0) is 12.1. The molecule has 1 saturated carbocycles. The summed E-state index contributed by atoms with van der Waals surface area (Å²) >= 11 is 0. The largest absolute Gasteiger partial charge is 0.465 e. The predicted molar refractivity (Wildman–Crippen MR) is 57.0 cm³/mol. The highest BCUT2D eigenvalue weighted by Gasteiger charge is 2.31. The highest BCUT2D eigenvalue weighted by molar-refractivity contribution is 5.82. The standard InChI is InChI=1S/C10H18N2O4/c1-2-3-7(12-10(15)16)8(13)9(14)11-6-4-5-6/h6-8,12-13H,2-5H2,1H3,(H,11,14)(H,15,16). The van der Waals surface area contributed by atoms with Crippen LogP contribution in [0.2, 0.25) is 0 Å². The monoisotopic (exact) mass is 230 g/mol. The molecule has 16 heavy (non-hydrogen) atoms. The molecule has 1 aliphatic carbocycles. The predicted octanol–water partition coefficient (Wildman–Crippen LogP) is 0.0622. The number of amides is 2. The van der Waals surface area contributed by atoms with E-state index in [1.165, 1.54) is 0 Å². The summed E-state index contributed by atoms with van der Waals surface area (Å²) in [5, 5.41) is 23.1. The molecule has 2 unspecified atom stereocenters. The van der Waals surface area contributed by atoms with Gasteiger partial charge >= 0.3 is 6.09 Å². The normalized spacial score (nSPS) is 18.6. The Morgan fingerprint density at radius 3 is 2.50 bits per heavy atom. The third-order valence-corrected chi connectivity index (χ3v) is 2.48. The molecule has 2 atom stereocenters. The van der Waals surface area contributed by atoms with Gasteiger partial charge in [-0.25, -0.2) is 4.79 Å². The van der Waals surface area contributed by atoms with Crippen LogP contribution in [0.3, 0.4) is 0 Å². The lowest BCUT2D eigenvalue weighted by Crippen LogP contribution is -2.50. The number of aliphatic hydroxyl groups is 1. The fraction of sp³-hybridized carbons (Fsp3) is 0.800. The van der Waals surface area contributed by atoms with Crippen molar-refractivity contribution in [3.63, 3.8) is 0 Å². The number of carboxylic acid groups (broad SMARTS) is 1. The molecule has 1 aliphatic rings. The number of hydrogen-bond acceptors (Lipinski definition) is 3. The van der Waals surface area contributed by atoms with Crippen LogP contribution >= 0.6 is 0 Å². The van der Waals surface area contributed by atoms with Crippen molar-refractivity contribution >= 4 is 12.0 Å². The van der Waals surface area contributed by atoms with Gasteiger partial charge in [-0.1, -0.05) is 13.3 Å². The summed E-state index contributed by atoms with van der Waals surface area (Å²) in [4.78, 5) is 22.0. The van der Waals surface area contributed by atoms with E-state index in [-0.39, 0.29) is 6.04 Å². The lowest BCUT2D eigenvalue weighted by atomic mass is 10.1. The molecule has 6 heteroatoms. The van der Waals surface area contributed by atoms with Gasteiger partial charge in [-0.3, -0.25) is 4.79 Å². The Balaban J connectivity index is 2.46. The molecule has 0 aromatic carbocycles. The van der Waals surface area contributed by atoms with Crippen LogP contribution in [-0.2, 0) is 4.79 Å². The summed E-state index contributed by atoms with van der Waals surface area (Å²) in [5.41, 5.74) is 0. The smallest absolute Gasteiger partial charge is 0.404 e. The van der Waals surface area contributed by atoms with Gasteiger partial charge in [0.25, 0.3) is 5.91 Å². The summed E-state index contributed by atoms with van der Waals surface area (Å²) in [6, 6.07) is -0.574. The molecule has 0 aliphatic heterocycles. The van der Waals surface area contributed by atoms with Gasteiger partial charge in [0.05, 0.1) is 6.04 Å². The number of nitrogens with one attached hydrogen (secondary N) is 2. The van der Waals surface area contributed by atoms with Gasteiger partial charge in [0.15, 0.2) is 6.10 Å². The quantitative estimate of drug-likeness (QED) is 0.518. The van der Waals surface area contributed by atoms with Crippen molar-refractivity contribution in [2.45, 2.75) is 50.8 Å². The molecule has 4 N–H and O–H groups in total. The second-order valence-electron chi connectivity index (χ2n) is 4.07. The van der Waals surface area contributed by atoms with Crippen molar-refractivity contribution in [1.29, 1.82) is 0 Å². The van der Waals surface area contributed by atoms with Crippen LogP contribution in [0, 0.1) is 0 Å². The highest BCUT2D eigenvalue weighted by Crippen LogP contribution is 2.19. The van der Waals surface area contributed by atoms with Crippen LogP contribution in [0.5, 0.6) is 0 Å². The highest BCUT2D eigenvalue weighted by atomic mass is 16.4. The zero-order valence-corrected chi connectivity index (χ0v) is 9.27. The topological polar surface area (TPSA) is 98.7 Å². The van der Waals surface area contributed by atoms with Crippen LogP contribution < -0.4 is 10.6 Å². The van der Waals surface area contributed by atoms with Crippen LogP contribution in [0.15, 0.2) is 0 Å². The molecule has 1 fully saturated rings. The van der Waals surface area contributed by atoms with Crippen molar-refractivity contribution in [2.24, 2.45) is 0 Å². The minimum atomic E-state index is -1.31. The molecule has 2 amide bonds. The number of carbonyl (C=O) groups excluding carboxylic acids is 1. The van der Waals surface area contributed by atoms with Crippen molar-refractivity contribution in [3.8, 4) is 0 Å². The second kappa shape index (κ2) is 5.69. The Morgan fingerprint density at radius 1 is 1.44 bits per heavy atom. The maximum Gasteiger partial charge on any atom is 0.404 e. The first-order valence-electron chi connectivity index (χ1n) is 5.52. The van der Waals surface area contributed by atoms with Gasteiger partial charge in [-0.2, -0.15) is 0 Å². The zero-order valence-electron chi connectivity index (χ0n) is 9.27. The van der Waals surface area contributed by atoms with Crippen molar-refractivity contribution in [2.75, 3.05) is 0 Å². The van der Waals surface area contributed by atoms with Gasteiger partial charge in [-0.05, 0) is 19.3 Å². The first-order valence-corrected chi connectivity index (χ1v) is 5.52. The molecule has 0 aromatic rings. The molecule has 92 valence electrons. The summed E-state index contributed by atoms with van der Waals surface area (Å²) in [5.74, 6) is -0.491. The Labute approximate surface area is 94.0 Å². The molecule has 0 spiro atoms. The van der Waals surface area contributed by atoms with Gasteiger partial charge in [0.2, 0.25) is 0 Å². The molecule has 1 rings (SSSR count). The third-order valence-electron chi connectivity index (χ3n) is 2.48. The summed E-state index contributed by atoms with van der Waals surface area (Å²) in [6.07, 6.45) is 0.463. The van der Waals surface area contributed by atoms with Gasteiger partial charge in [-0.15, -0.1) is 0 Å². The van der Waals surface area contributed by atoms with Crippen LogP contribution in [0.1, 0.15) is 32.6 Å². The first kappa shape index (κ1) is 12.8. The van der Waals surface area contributed by atoms with E-state index >= 15 is 0 Å². The Morgan fingerprint density at radius 2 is 2.06 bits per heavy atom. The molecular formula is C10H18N2O4. The van der Waals surface area contributed by atoms with E-state index < -0.39 is 24.1 Å². The maximum absolute atomic E-state index is 11.5. The molecule has 6 nitrogen and oxygen atoms in total. The lowest BCUT2D eigenvalue weighted by molar-refractivity contribution is -0.130. The molecule has 0 aromatic heterocycles. The number of rotatable bonds is 6. The fourth-order valence-electron chi connectivity index (χ4n) is 1.48. The first-order chi connectivity index (χ1) is 7.54. The van der Waals surface area contributed by atoms with E-state index in [0.29, 0.717) is 12.8 Å². The molecule has 0 radical (unpaired) electrons. The van der Waals surface area contributed by atoms with Crippen LogP contribution in [0.25, 0.3) is 0 Å². The Bertz CT molecular complexity index is 266. The minimum Gasteiger partial charge on any atom is -0.465 e. The Hall–Kier alpha value is -1.30. The van der Waals surface area contributed by atoms with E-state index in [9.17, 15) is 14.7 Å². The lowest BCUT2D eigenvalue weighted by Gasteiger charge is -2.21. The van der Waals surface area contributed by atoms with Crippen LogP contribution in [0.4, 0.5) is 4.79 Å². The molecule has 0 heterocycles. The fourth-order valence-corrected chi connectivity index (χ4v) is 1.48. The minimum absolute atomic E-state index is 0.161. The molecular weight excluding hydrogens is 212 g/mol. The third kappa shape index (κ3) is 4.06. The number of hydrogen-bond donors (Lipinski definition) is 4. The second-order valence-corrected chi connectivity index (χ2v) is 4.07. The van der Waals surface area contributed by atoms with Gasteiger partial charge in [0, 0.05) is 6.04 Å². The maximum atomic E-state index is 11.5. The number of carbonyl (C=O) groups is 2. The van der Waals surface area contributed by atoms with Crippen molar-refractivity contribution < 1.29 is 19.8 Å². The van der Waals surface area contributed by atoms with E-state index in [2.05, 4.69) is 10.6 Å². The van der Waals surface area contributed by atoms with E-state index in [1.54, 1.807) is 0 Å². The summed E-state index contributed by atoms with van der Waals surface area (Å²) in [6.45, 7) is 1.86. The van der Waals surface area contributed by atoms with E-state index in [0.717, 1.165) is 12.8 Å². The summed E-state index contributed by atoms with van der Waals surface area (Å²) < 4.78 is 0. The Kier molecular flexibility index (Phi) is 4.54. The van der Waals surface area contributed by atoms with Crippen molar-refractivity contribution in [1.82, 2.24) is 10.6 Å². The van der Waals surface area contributed by atoms with Gasteiger partial charge < -0.3 is 20.8 Å². The van der Waals surface area contributed by atoms with E-state index in [1.807, 2.05) is 6.92 Å². The van der Waals surface area contributed by atoms with E-state index in [4.69, 9.17) is 5.11 Å². The van der Waals surface area contributed by atoms with Gasteiger partial charge in [0.1, 0.15) is 0 Å². The SMILES string of the molecule is CCCC(NC(=O)O)C(O)C(=O)NC1CC1. The molecule has 0 saturated heterocycles. The average molecular weight is 230 g/mol. The number of aliphatic hydroxyl groups excluding tert-OH is 1.